The number of nitrogens with two attached hydrogens (primary N) is 1. The molecule has 0 spiro atoms. The van der Waals surface area contributed by atoms with Crippen LogP contribution < -0.4 is 16.0 Å². The number of nitrogens with zero attached hydrogens (tertiary/aromatic N) is 1. The van der Waals surface area contributed by atoms with E-state index in [1.54, 1.807) is 18.3 Å². The van der Waals surface area contributed by atoms with Gasteiger partial charge in [-0.1, -0.05) is 0 Å². The number of amides is 1. The third-order valence-corrected chi connectivity index (χ3v) is 2.47. The molecule has 0 aliphatic carbocycles. The highest BCUT2D eigenvalue weighted by atomic mass is 19.1. The maximum Gasteiger partial charge on any atom is 0.265 e. The summed E-state index contributed by atoms with van der Waals surface area (Å²) < 4.78 is 19.0. The van der Waals surface area contributed by atoms with E-state index in [4.69, 9.17) is 10.6 Å². The van der Waals surface area contributed by atoms with Gasteiger partial charge in [0.15, 0.2) is 0 Å². The molecule has 0 saturated heterocycles. The summed E-state index contributed by atoms with van der Waals surface area (Å²) in [5.41, 5.74) is 2.53. The van der Waals surface area contributed by atoms with Crippen LogP contribution >= 0.6 is 0 Å². The molecule has 0 atom stereocenters. The Morgan fingerprint density at radius 3 is 2.95 bits per heavy atom. The molecule has 2 rings (SSSR count). The Labute approximate surface area is 109 Å². The lowest BCUT2D eigenvalue weighted by Crippen LogP contribution is -2.30. The van der Waals surface area contributed by atoms with Crippen molar-refractivity contribution in [2.75, 3.05) is 0 Å². The number of pyridine rings is 1. The van der Waals surface area contributed by atoms with Crippen molar-refractivity contribution >= 4 is 5.91 Å². The van der Waals surface area contributed by atoms with Gasteiger partial charge in [0.2, 0.25) is 0 Å². The number of nitrogens with one attached hydrogen (secondary N) is 1. The van der Waals surface area contributed by atoms with Gasteiger partial charge >= 0.3 is 0 Å². The lowest BCUT2D eigenvalue weighted by molar-refractivity contribution is 0.0953. The average molecular weight is 261 g/mol. The second kappa shape index (κ2) is 5.92. The molecule has 6 heteroatoms. The number of rotatable bonds is 4. The molecule has 1 aromatic carbocycles. The van der Waals surface area contributed by atoms with Crippen molar-refractivity contribution in [2.45, 2.75) is 6.61 Å². The number of carbonyl (C=O) groups is 1. The van der Waals surface area contributed by atoms with E-state index in [9.17, 15) is 9.18 Å². The molecule has 0 aliphatic heterocycles. The minimum atomic E-state index is -0.484. The molecule has 1 aromatic heterocycles. The Morgan fingerprint density at radius 2 is 2.26 bits per heavy atom. The Kier molecular flexibility index (Phi) is 4.04. The lowest BCUT2D eigenvalue weighted by Gasteiger charge is -2.08. The molecule has 1 amide bonds. The molecule has 0 fully saturated rings. The van der Waals surface area contributed by atoms with Crippen LogP contribution in [0.2, 0.25) is 0 Å². The predicted molar refractivity (Wildman–Crippen MR) is 66.6 cm³/mol. The molecule has 0 saturated carbocycles. The number of halogens is 1. The molecule has 19 heavy (non-hydrogen) atoms. The highest BCUT2D eigenvalue weighted by Gasteiger charge is 2.09. The van der Waals surface area contributed by atoms with Crippen molar-refractivity contribution in [3.63, 3.8) is 0 Å². The number of hydrogen-bond acceptors (Lipinski definition) is 4. The van der Waals surface area contributed by atoms with Crippen LogP contribution in [-0.4, -0.2) is 10.9 Å². The molecule has 5 nitrogen and oxygen atoms in total. The lowest BCUT2D eigenvalue weighted by atomic mass is 10.1. The van der Waals surface area contributed by atoms with Gasteiger partial charge in [-0.15, -0.1) is 0 Å². The van der Waals surface area contributed by atoms with Crippen molar-refractivity contribution in [1.29, 1.82) is 0 Å². The van der Waals surface area contributed by atoms with Crippen molar-refractivity contribution in [2.24, 2.45) is 5.84 Å². The van der Waals surface area contributed by atoms with E-state index in [1.165, 1.54) is 24.4 Å². The average Bonchev–Trinajstić information content (AvgIpc) is 2.46. The van der Waals surface area contributed by atoms with Crippen molar-refractivity contribution < 1.29 is 13.9 Å². The Morgan fingerprint density at radius 1 is 1.42 bits per heavy atom. The first-order chi connectivity index (χ1) is 9.20. The molecule has 1 heterocycles. The number of nitrogen functional groups attached to an aromatic ring is 1. The molecule has 0 radical (unpaired) electrons. The molecule has 0 aliphatic rings. The Hall–Kier alpha value is -2.47. The number of ether oxygens (including phenoxy) is 1. The quantitative estimate of drug-likeness (QED) is 0.495. The third-order valence-electron chi connectivity index (χ3n) is 2.47. The Balaban J connectivity index is 2.13. The summed E-state index contributed by atoms with van der Waals surface area (Å²) in [6.45, 7) is 0.00319. The van der Waals surface area contributed by atoms with Crippen LogP contribution in [-0.2, 0) is 6.61 Å². The van der Waals surface area contributed by atoms with E-state index < -0.39 is 11.7 Å². The molecule has 2 aromatic rings. The number of benzene rings is 1. The monoisotopic (exact) mass is 261 g/mol. The molecule has 3 N–H and O–H groups in total. The van der Waals surface area contributed by atoms with E-state index in [0.717, 1.165) is 0 Å². The summed E-state index contributed by atoms with van der Waals surface area (Å²) in [5.74, 6) is 4.62. The highest BCUT2D eigenvalue weighted by molar-refractivity contribution is 5.93. The normalized spacial score (nSPS) is 10.0. The molecule has 0 unspecified atom stereocenters. The number of aromatic nitrogens is 1. The topological polar surface area (TPSA) is 77.2 Å². The van der Waals surface area contributed by atoms with Gasteiger partial charge in [-0.25, -0.2) is 10.2 Å². The van der Waals surface area contributed by atoms with Gasteiger partial charge in [-0.05, 0) is 30.3 Å². The van der Waals surface area contributed by atoms with E-state index >= 15 is 0 Å². The van der Waals surface area contributed by atoms with Crippen LogP contribution in [0.15, 0.2) is 42.7 Å². The first-order valence-electron chi connectivity index (χ1n) is 5.53. The van der Waals surface area contributed by atoms with Crippen LogP contribution in [0.5, 0.6) is 5.75 Å². The summed E-state index contributed by atoms with van der Waals surface area (Å²) in [5, 5.41) is 0. The fourth-order valence-corrected chi connectivity index (χ4v) is 1.50. The third kappa shape index (κ3) is 3.26. The van der Waals surface area contributed by atoms with Gasteiger partial charge in [-0.2, -0.15) is 0 Å². The zero-order valence-electron chi connectivity index (χ0n) is 9.97. The first kappa shape index (κ1) is 13.0. The number of carbonyl (C=O) groups excluding carboxylic acids is 1. The van der Waals surface area contributed by atoms with Gasteiger partial charge in [0, 0.05) is 17.3 Å². The largest absolute Gasteiger partial charge is 0.487 e. The SMILES string of the molecule is NNC(=O)c1ccc(F)c(COc2cccnc2)c1. The number of hydrazine groups is 1. The van der Waals surface area contributed by atoms with Crippen LogP contribution in [0, 0.1) is 5.82 Å². The fourth-order valence-electron chi connectivity index (χ4n) is 1.50. The maximum absolute atomic E-state index is 13.6. The van der Waals surface area contributed by atoms with E-state index in [1.807, 2.05) is 5.43 Å². The molecular formula is C13H12FN3O2. The summed E-state index contributed by atoms with van der Waals surface area (Å²) in [6, 6.07) is 7.37. The zero-order chi connectivity index (χ0) is 13.7. The first-order valence-corrected chi connectivity index (χ1v) is 5.53. The zero-order valence-corrected chi connectivity index (χ0v) is 9.97. The van der Waals surface area contributed by atoms with Gasteiger partial charge in [-0.3, -0.25) is 15.2 Å². The van der Waals surface area contributed by atoms with Crippen LogP contribution in [0.1, 0.15) is 15.9 Å². The standard InChI is InChI=1S/C13H12FN3O2/c14-12-4-3-9(13(18)17-15)6-10(12)8-19-11-2-1-5-16-7-11/h1-7H,8,15H2,(H,17,18). The van der Waals surface area contributed by atoms with Gasteiger partial charge in [0.05, 0.1) is 6.20 Å². The minimum Gasteiger partial charge on any atom is -0.487 e. The van der Waals surface area contributed by atoms with Crippen molar-refractivity contribution in [3.8, 4) is 5.75 Å². The van der Waals surface area contributed by atoms with Gasteiger partial charge < -0.3 is 4.74 Å². The van der Waals surface area contributed by atoms with Crippen LogP contribution in [0.4, 0.5) is 4.39 Å². The van der Waals surface area contributed by atoms with E-state index in [2.05, 4.69) is 4.98 Å². The van der Waals surface area contributed by atoms with E-state index in [-0.39, 0.29) is 17.7 Å². The molecule has 0 bridgehead atoms. The summed E-state index contributed by atoms with van der Waals surface area (Å²) in [7, 11) is 0. The molecular weight excluding hydrogens is 249 g/mol. The van der Waals surface area contributed by atoms with E-state index in [0.29, 0.717) is 5.75 Å². The fraction of sp³-hybridized carbons (Fsp3) is 0.0769. The van der Waals surface area contributed by atoms with Gasteiger partial charge in [0.1, 0.15) is 18.2 Å². The highest BCUT2D eigenvalue weighted by Crippen LogP contribution is 2.14. The maximum atomic E-state index is 13.6. The Bertz CT molecular complexity index is 575. The smallest absolute Gasteiger partial charge is 0.265 e. The minimum absolute atomic E-state index is 0.00319. The predicted octanol–water partition coefficient (Wildman–Crippen LogP) is 1.40. The molecule has 98 valence electrons. The second-order valence-corrected chi connectivity index (χ2v) is 3.76. The number of hydrogen-bond donors (Lipinski definition) is 2. The van der Waals surface area contributed by atoms with Crippen LogP contribution in [0.3, 0.4) is 0 Å². The summed E-state index contributed by atoms with van der Waals surface area (Å²) in [4.78, 5) is 15.2. The van der Waals surface area contributed by atoms with Crippen LogP contribution in [0.25, 0.3) is 0 Å². The van der Waals surface area contributed by atoms with Crippen molar-refractivity contribution in [3.05, 3.63) is 59.7 Å². The second-order valence-electron chi connectivity index (χ2n) is 3.76. The van der Waals surface area contributed by atoms with Gasteiger partial charge in [0.25, 0.3) is 5.91 Å². The summed E-state index contributed by atoms with van der Waals surface area (Å²) >= 11 is 0. The van der Waals surface area contributed by atoms with Crippen molar-refractivity contribution in [1.82, 2.24) is 10.4 Å². The summed E-state index contributed by atoms with van der Waals surface area (Å²) in [6.07, 6.45) is 3.13.